The second-order valence-corrected chi connectivity index (χ2v) is 5.29. The summed E-state index contributed by atoms with van der Waals surface area (Å²) in [5, 5.41) is 6.84. The second-order valence-electron chi connectivity index (χ2n) is 5.29. The molecule has 2 aromatic rings. The molecule has 1 saturated heterocycles. The minimum absolute atomic E-state index is 0.169. The van der Waals surface area contributed by atoms with Crippen molar-refractivity contribution < 1.29 is 14.3 Å². The maximum absolute atomic E-state index is 11.9. The van der Waals surface area contributed by atoms with Crippen molar-refractivity contribution in [3.63, 3.8) is 0 Å². The van der Waals surface area contributed by atoms with E-state index in [9.17, 15) is 9.59 Å². The molecule has 1 aromatic heterocycles. The minimum Gasteiger partial charge on any atom is -0.464 e. The lowest BCUT2D eigenvalue weighted by molar-refractivity contribution is -0.141. The van der Waals surface area contributed by atoms with Gasteiger partial charge in [0, 0.05) is 19.7 Å². The van der Waals surface area contributed by atoms with Crippen molar-refractivity contribution >= 4 is 11.9 Å². The number of benzene rings is 1. The Morgan fingerprint density at radius 1 is 1.36 bits per heavy atom. The highest BCUT2D eigenvalue weighted by Crippen LogP contribution is 2.18. The van der Waals surface area contributed by atoms with Crippen LogP contribution in [0.5, 0.6) is 0 Å². The third-order valence-corrected chi connectivity index (χ3v) is 3.71. The number of aromatic nitrogens is 2. The molecule has 1 atom stereocenters. The molecule has 22 heavy (non-hydrogen) atoms. The number of nitrogens with one attached hydrogen (secondary N) is 1. The number of carbonyl (C=O) groups excluding carboxylic acids is 2. The van der Waals surface area contributed by atoms with Gasteiger partial charge in [-0.2, -0.15) is 5.10 Å². The van der Waals surface area contributed by atoms with Gasteiger partial charge in [0.25, 0.3) is 0 Å². The summed E-state index contributed by atoms with van der Waals surface area (Å²) < 4.78 is 6.62. The highest BCUT2D eigenvalue weighted by atomic mass is 16.5. The first-order valence-electron chi connectivity index (χ1n) is 7.17. The van der Waals surface area contributed by atoms with Gasteiger partial charge in [-0.1, -0.05) is 24.3 Å². The predicted octanol–water partition coefficient (Wildman–Crippen LogP) is 1.06. The molecule has 0 spiro atoms. The van der Waals surface area contributed by atoms with Crippen LogP contribution in [-0.2, 0) is 27.8 Å². The van der Waals surface area contributed by atoms with E-state index < -0.39 is 6.04 Å². The van der Waals surface area contributed by atoms with Gasteiger partial charge in [0.1, 0.15) is 6.04 Å². The first-order chi connectivity index (χ1) is 10.6. The van der Waals surface area contributed by atoms with Crippen molar-refractivity contribution in [2.45, 2.75) is 18.9 Å². The van der Waals surface area contributed by atoms with Crippen molar-refractivity contribution in [3.05, 3.63) is 42.1 Å². The van der Waals surface area contributed by atoms with Crippen LogP contribution >= 0.6 is 0 Å². The molecule has 1 aliphatic heterocycles. The summed E-state index contributed by atoms with van der Waals surface area (Å²) in [6.07, 6.45) is 2.54. The Balaban J connectivity index is 1.62. The van der Waals surface area contributed by atoms with Gasteiger partial charge in [-0.15, -0.1) is 0 Å². The fraction of sp³-hybridized carbons (Fsp3) is 0.312. The monoisotopic (exact) mass is 299 g/mol. The predicted molar refractivity (Wildman–Crippen MR) is 79.9 cm³/mol. The Bertz CT molecular complexity index is 691. The van der Waals surface area contributed by atoms with Gasteiger partial charge in [0.2, 0.25) is 5.91 Å². The summed E-state index contributed by atoms with van der Waals surface area (Å²) >= 11 is 0. The van der Waals surface area contributed by atoms with Gasteiger partial charge in [0.05, 0.1) is 18.7 Å². The van der Waals surface area contributed by atoms with Crippen LogP contribution in [0.25, 0.3) is 11.3 Å². The number of hydrogen-bond acceptors (Lipinski definition) is 4. The summed E-state index contributed by atoms with van der Waals surface area (Å²) in [7, 11) is 1.89. The minimum atomic E-state index is -0.499. The number of nitrogens with zero attached hydrogens (tertiary/aromatic N) is 2. The number of rotatable bonds is 4. The van der Waals surface area contributed by atoms with Crippen LogP contribution in [0.1, 0.15) is 12.0 Å². The van der Waals surface area contributed by atoms with Crippen molar-refractivity contribution in [3.8, 4) is 11.3 Å². The van der Waals surface area contributed by atoms with Crippen LogP contribution in [0.3, 0.4) is 0 Å². The molecule has 2 heterocycles. The Labute approximate surface area is 128 Å². The van der Waals surface area contributed by atoms with Crippen LogP contribution in [-0.4, -0.2) is 34.3 Å². The molecular formula is C16H17N3O3. The third kappa shape index (κ3) is 3.00. The van der Waals surface area contributed by atoms with Crippen LogP contribution < -0.4 is 5.32 Å². The molecule has 1 N–H and O–H groups in total. The standard InChI is InChI=1S/C16H17N3O3/c1-19-14(6-8-17-19)12-4-2-11(3-5-12)10-15(20)18-13-7-9-22-16(13)21/h2-6,8,13H,7,9-10H2,1H3,(H,18,20)/t13-/m1/s1. The molecule has 0 bridgehead atoms. The van der Waals surface area contributed by atoms with Crippen molar-refractivity contribution in [1.29, 1.82) is 0 Å². The number of ether oxygens (including phenoxy) is 1. The molecule has 0 radical (unpaired) electrons. The van der Waals surface area contributed by atoms with Crippen LogP contribution in [0, 0.1) is 0 Å². The van der Waals surface area contributed by atoms with Gasteiger partial charge in [-0.25, -0.2) is 4.79 Å². The smallest absolute Gasteiger partial charge is 0.328 e. The fourth-order valence-corrected chi connectivity index (χ4v) is 2.51. The van der Waals surface area contributed by atoms with E-state index in [2.05, 4.69) is 10.4 Å². The normalized spacial score (nSPS) is 17.3. The number of cyclic esters (lactones) is 1. The molecule has 1 amide bonds. The zero-order valence-corrected chi connectivity index (χ0v) is 12.3. The molecule has 6 heteroatoms. The Morgan fingerprint density at radius 3 is 2.73 bits per heavy atom. The Kier molecular flexibility index (Phi) is 3.91. The largest absolute Gasteiger partial charge is 0.464 e. The van der Waals surface area contributed by atoms with E-state index in [1.54, 1.807) is 10.9 Å². The molecule has 114 valence electrons. The number of amides is 1. The molecule has 1 aliphatic rings. The summed E-state index contributed by atoms with van der Waals surface area (Å²) in [5.74, 6) is -0.517. The van der Waals surface area contributed by atoms with E-state index in [0.29, 0.717) is 13.0 Å². The van der Waals surface area contributed by atoms with Crippen molar-refractivity contribution in [2.75, 3.05) is 6.61 Å². The summed E-state index contributed by atoms with van der Waals surface area (Å²) in [6, 6.07) is 9.19. The number of esters is 1. The highest BCUT2D eigenvalue weighted by molar-refractivity contribution is 5.86. The topological polar surface area (TPSA) is 73.2 Å². The van der Waals surface area contributed by atoms with E-state index in [4.69, 9.17) is 4.74 Å². The van der Waals surface area contributed by atoms with Gasteiger partial charge in [-0.05, 0) is 17.2 Å². The molecule has 3 rings (SSSR count). The number of aryl methyl sites for hydroxylation is 1. The highest BCUT2D eigenvalue weighted by Gasteiger charge is 2.27. The van der Waals surface area contributed by atoms with E-state index in [1.807, 2.05) is 37.4 Å². The van der Waals surface area contributed by atoms with Crippen LogP contribution in [0.2, 0.25) is 0 Å². The third-order valence-electron chi connectivity index (χ3n) is 3.71. The SMILES string of the molecule is Cn1nccc1-c1ccc(CC(=O)N[C@@H]2CCOC2=O)cc1. The molecule has 0 aliphatic carbocycles. The first-order valence-corrected chi connectivity index (χ1v) is 7.17. The Hall–Kier alpha value is -2.63. The molecule has 1 fully saturated rings. The lowest BCUT2D eigenvalue weighted by Crippen LogP contribution is -2.38. The van der Waals surface area contributed by atoms with Gasteiger partial charge < -0.3 is 10.1 Å². The van der Waals surface area contributed by atoms with Crippen LogP contribution in [0.4, 0.5) is 0 Å². The molecule has 0 unspecified atom stereocenters. The molecule has 0 saturated carbocycles. The number of carbonyl (C=O) groups is 2. The lowest BCUT2D eigenvalue weighted by Gasteiger charge is -2.09. The number of hydrogen-bond donors (Lipinski definition) is 1. The zero-order chi connectivity index (χ0) is 15.5. The van der Waals surface area contributed by atoms with E-state index in [0.717, 1.165) is 16.8 Å². The van der Waals surface area contributed by atoms with E-state index in [1.165, 1.54) is 0 Å². The van der Waals surface area contributed by atoms with Crippen molar-refractivity contribution in [1.82, 2.24) is 15.1 Å². The maximum atomic E-state index is 11.9. The van der Waals surface area contributed by atoms with Crippen molar-refractivity contribution in [2.24, 2.45) is 7.05 Å². The maximum Gasteiger partial charge on any atom is 0.328 e. The first kappa shape index (κ1) is 14.3. The second kappa shape index (κ2) is 6.01. The fourth-order valence-electron chi connectivity index (χ4n) is 2.51. The summed E-state index contributed by atoms with van der Waals surface area (Å²) in [5.41, 5.74) is 2.96. The quantitative estimate of drug-likeness (QED) is 0.857. The molecular weight excluding hydrogens is 282 g/mol. The average Bonchev–Trinajstić information content (AvgIpc) is 3.09. The summed E-state index contributed by atoms with van der Waals surface area (Å²) in [6.45, 7) is 0.378. The lowest BCUT2D eigenvalue weighted by atomic mass is 10.1. The van der Waals surface area contributed by atoms with E-state index in [-0.39, 0.29) is 18.3 Å². The zero-order valence-electron chi connectivity index (χ0n) is 12.3. The Morgan fingerprint density at radius 2 is 2.14 bits per heavy atom. The summed E-state index contributed by atoms with van der Waals surface area (Å²) in [4.78, 5) is 23.3. The average molecular weight is 299 g/mol. The van der Waals surface area contributed by atoms with Gasteiger partial charge in [0.15, 0.2) is 0 Å². The molecule has 6 nitrogen and oxygen atoms in total. The van der Waals surface area contributed by atoms with Gasteiger partial charge in [-0.3, -0.25) is 9.48 Å². The van der Waals surface area contributed by atoms with E-state index >= 15 is 0 Å². The van der Waals surface area contributed by atoms with Gasteiger partial charge >= 0.3 is 5.97 Å². The van der Waals surface area contributed by atoms with Crippen LogP contribution in [0.15, 0.2) is 36.5 Å². The molecule has 1 aromatic carbocycles.